The summed E-state index contributed by atoms with van der Waals surface area (Å²) in [5, 5.41) is 11.8. The topological polar surface area (TPSA) is 66.4 Å². The lowest BCUT2D eigenvalue weighted by Crippen LogP contribution is -2.34. The Bertz CT molecular complexity index is 530. The minimum Gasteiger partial charge on any atom is -0.481 e. The van der Waals surface area contributed by atoms with Gasteiger partial charge in [-0.1, -0.05) is 38.1 Å². The highest BCUT2D eigenvalue weighted by Crippen LogP contribution is 2.45. The second-order valence-corrected chi connectivity index (χ2v) is 6.78. The number of rotatable bonds is 8. The number of carbonyl (C=O) groups is 2. The van der Waals surface area contributed by atoms with E-state index < -0.39 is 11.4 Å². The zero-order valence-electron chi connectivity index (χ0n) is 13.4. The standard InChI is InChI=1S/C18H25NO3/c1-13(2)11-15-5-3-14(4-6-15)7-8-16(20)19-12-18(9-10-18)17(21)22/h3-6,13H,7-12H2,1-2H3,(H,19,20)(H,21,22). The molecule has 22 heavy (non-hydrogen) atoms. The number of benzene rings is 1. The number of aryl methyl sites for hydroxylation is 1. The number of aliphatic carboxylic acids is 1. The van der Waals surface area contributed by atoms with Crippen LogP contribution in [0.4, 0.5) is 0 Å². The second kappa shape index (κ2) is 6.95. The summed E-state index contributed by atoms with van der Waals surface area (Å²) in [5.74, 6) is -0.229. The first-order valence-corrected chi connectivity index (χ1v) is 7.99. The van der Waals surface area contributed by atoms with Gasteiger partial charge in [-0.2, -0.15) is 0 Å². The normalized spacial score (nSPS) is 15.6. The fourth-order valence-corrected chi connectivity index (χ4v) is 2.54. The molecule has 1 fully saturated rings. The first kappa shape index (κ1) is 16.5. The first-order chi connectivity index (χ1) is 10.4. The highest BCUT2D eigenvalue weighted by Gasteiger charge is 2.50. The number of carbonyl (C=O) groups excluding carboxylic acids is 1. The number of nitrogens with one attached hydrogen (secondary N) is 1. The maximum absolute atomic E-state index is 11.8. The average Bonchev–Trinajstić information content (AvgIpc) is 3.25. The Balaban J connectivity index is 1.73. The summed E-state index contributed by atoms with van der Waals surface area (Å²) in [7, 11) is 0. The zero-order chi connectivity index (χ0) is 16.2. The summed E-state index contributed by atoms with van der Waals surface area (Å²) >= 11 is 0. The molecule has 0 bridgehead atoms. The molecule has 4 nitrogen and oxygen atoms in total. The van der Waals surface area contributed by atoms with Crippen molar-refractivity contribution in [1.29, 1.82) is 0 Å². The molecule has 0 saturated heterocycles. The van der Waals surface area contributed by atoms with Gasteiger partial charge in [-0.15, -0.1) is 0 Å². The highest BCUT2D eigenvalue weighted by atomic mass is 16.4. The van der Waals surface area contributed by atoms with Crippen LogP contribution in [0.2, 0.25) is 0 Å². The molecule has 0 radical (unpaired) electrons. The Morgan fingerprint density at radius 1 is 1.18 bits per heavy atom. The molecular formula is C18H25NO3. The highest BCUT2D eigenvalue weighted by molar-refractivity contribution is 5.81. The van der Waals surface area contributed by atoms with E-state index in [1.165, 1.54) is 5.56 Å². The molecule has 0 aliphatic heterocycles. The third kappa shape index (κ3) is 4.58. The molecule has 0 atom stereocenters. The van der Waals surface area contributed by atoms with Crippen molar-refractivity contribution in [2.45, 2.75) is 46.0 Å². The molecule has 0 unspecified atom stereocenters. The van der Waals surface area contributed by atoms with E-state index in [-0.39, 0.29) is 12.5 Å². The van der Waals surface area contributed by atoms with Crippen LogP contribution in [-0.4, -0.2) is 23.5 Å². The fraction of sp³-hybridized carbons (Fsp3) is 0.556. The van der Waals surface area contributed by atoms with E-state index in [0.29, 0.717) is 31.6 Å². The Kier molecular flexibility index (Phi) is 5.22. The molecule has 2 rings (SSSR count). The monoisotopic (exact) mass is 303 g/mol. The SMILES string of the molecule is CC(C)Cc1ccc(CCC(=O)NCC2(C(=O)O)CC2)cc1. The molecule has 4 heteroatoms. The van der Waals surface area contributed by atoms with E-state index in [0.717, 1.165) is 12.0 Å². The third-order valence-corrected chi connectivity index (χ3v) is 4.24. The Hall–Kier alpha value is -1.84. The lowest BCUT2D eigenvalue weighted by molar-refractivity contribution is -0.143. The number of carboxylic acid groups (broad SMARTS) is 1. The minimum atomic E-state index is -0.798. The Morgan fingerprint density at radius 3 is 2.27 bits per heavy atom. The molecule has 1 aromatic carbocycles. The summed E-state index contributed by atoms with van der Waals surface area (Å²) in [4.78, 5) is 22.9. The van der Waals surface area contributed by atoms with Crippen molar-refractivity contribution in [3.8, 4) is 0 Å². The molecule has 0 spiro atoms. The Labute approximate surface area is 131 Å². The predicted molar refractivity (Wildman–Crippen MR) is 85.6 cm³/mol. The van der Waals surface area contributed by atoms with Gasteiger partial charge in [0.15, 0.2) is 0 Å². The van der Waals surface area contributed by atoms with Crippen molar-refractivity contribution in [1.82, 2.24) is 5.32 Å². The summed E-state index contributed by atoms with van der Waals surface area (Å²) in [5.41, 5.74) is 1.77. The summed E-state index contributed by atoms with van der Waals surface area (Å²) in [6.07, 6.45) is 3.49. The van der Waals surface area contributed by atoms with Gasteiger partial charge in [0.05, 0.1) is 5.41 Å². The van der Waals surface area contributed by atoms with Crippen LogP contribution in [0.3, 0.4) is 0 Å². The third-order valence-electron chi connectivity index (χ3n) is 4.24. The molecule has 0 heterocycles. The van der Waals surface area contributed by atoms with Crippen LogP contribution < -0.4 is 5.32 Å². The molecule has 120 valence electrons. The zero-order valence-corrected chi connectivity index (χ0v) is 13.4. The smallest absolute Gasteiger partial charge is 0.311 e. The van der Waals surface area contributed by atoms with Crippen molar-refractivity contribution in [2.75, 3.05) is 6.54 Å². The van der Waals surface area contributed by atoms with Crippen LogP contribution in [-0.2, 0) is 22.4 Å². The van der Waals surface area contributed by atoms with Gasteiger partial charge in [0.25, 0.3) is 0 Å². The molecule has 1 aromatic rings. The van der Waals surface area contributed by atoms with Gasteiger partial charge in [-0.3, -0.25) is 9.59 Å². The molecule has 1 aliphatic rings. The summed E-state index contributed by atoms with van der Waals surface area (Å²) in [6.45, 7) is 4.65. The number of carboxylic acids is 1. The Morgan fingerprint density at radius 2 is 1.77 bits per heavy atom. The number of hydrogen-bond acceptors (Lipinski definition) is 2. The van der Waals surface area contributed by atoms with E-state index in [9.17, 15) is 9.59 Å². The van der Waals surface area contributed by atoms with Gasteiger partial charge in [-0.25, -0.2) is 0 Å². The van der Waals surface area contributed by atoms with Crippen LogP contribution >= 0.6 is 0 Å². The summed E-state index contributed by atoms with van der Waals surface area (Å²) < 4.78 is 0. The van der Waals surface area contributed by atoms with E-state index in [1.807, 2.05) is 0 Å². The van der Waals surface area contributed by atoms with Crippen molar-refractivity contribution in [2.24, 2.45) is 11.3 Å². The molecule has 2 N–H and O–H groups in total. The van der Waals surface area contributed by atoms with Gasteiger partial charge in [-0.05, 0) is 42.7 Å². The predicted octanol–water partition coefficient (Wildman–Crippen LogP) is 2.80. The molecule has 1 amide bonds. The van der Waals surface area contributed by atoms with Crippen molar-refractivity contribution in [3.05, 3.63) is 35.4 Å². The van der Waals surface area contributed by atoms with Crippen LogP contribution in [0, 0.1) is 11.3 Å². The molecule has 1 aliphatic carbocycles. The van der Waals surface area contributed by atoms with Gasteiger partial charge in [0, 0.05) is 13.0 Å². The molecular weight excluding hydrogens is 278 g/mol. The number of amides is 1. The summed E-state index contributed by atoms with van der Waals surface area (Å²) in [6, 6.07) is 8.39. The van der Waals surface area contributed by atoms with Crippen LogP contribution in [0.15, 0.2) is 24.3 Å². The second-order valence-electron chi connectivity index (χ2n) is 6.78. The molecule has 0 aromatic heterocycles. The van der Waals surface area contributed by atoms with Gasteiger partial charge < -0.3 is 10.4 Å². The van der Waals surface area contributed by atoms with Crippen molar-refractivity contribution in [3.63, 3.8) is 0 Å². The lowest BCUT2D eigenvalue weighted by atomic mass is 10.0. The van der Waals surface area contributed by atoms with Crippen molar-refractivity contribution < 1.29 is 14.7 Å². The van der Waals surface area contributed by atoms with E-state index in [2.05, 4.69) is 43.4 Å². The maximum atomic E-state index is 11.8. The van der Waals surface area contributed by atoms with Crippen LogP contribution in [0.25, 0.3) is 0 Å². The van der Waals surface area contributed by atoms with Gasteiger partial charge >= 0.3 is 5.97 Å². The lowest BCUT2D eigenvalue weighted by Gasteiger charge is -2.11. The van der Waals surface area contributed by atoms with E-state index >= 15 is 0 Å². The molecule has 1 saturated carbocycles. The van der Waals surface area contributed by atoms with Gasteiger partial charge in [0.2, 0.25) is 5.91 Å². The van der Waals surface area contributed by atoms with Gasteiger partial charge in [0.1, 0.15) is 0 Å². The largest absolute Gasteiger partial charge is 0.481 e. The van der Waals surface area contributed by atoms with Crippen LogP contribution in [0.5, 0.6) is 0 Å². The van der Waals surface area contributed by atoms with E-state index in [4.69, 9.17) is 5.11 Å². The first-order valence-electron chi connectivity index (χ1n) is 7.99. The van der Waals surface area contributed by atoms with Crippen molar-refractivity contribution >= 4 is 11.9 Å². The average molecular weight is 303 g/mol. The maximum Gasteiger partial charge on any atom is 0.311 e. The fourth-order valence-electron chi connectivity index (χ4n) is 2.54. The minimum absolute atomic E-state index is 0.0706. The quantitative estimate of drug-likeness (QED) is 0.776. The van der Waals surface area contributed by atoms with E-state index in [1.54, 1.807) is 0 Å². The van der Waals surface area contributed by atoms with Crippen LogP contribution in [0.1, 0.15) is 44.2 Å². The number of hydrogen-bond donors (Lipinski definition) is 2.